The lowest BCUT2D eigenvalue weighted by Gasteiger charge is -2.02. The van der Waals surface area contributed by atoms with Crippen molar-refractivity contribution in [2.75, 3.05) is 0 Å². The Bertz CT molecular complexity index is 172. The summed E-state index contributed by atoms with van der Waals surface area (Å²) in [6, 6.07) is 0. The van der Waals surface area contributed by atoms with E-state index in [1.807, 2.05) is 0 Å². The van der Waals surface area contributed by atoms with E-state index in [1.54, 1.807) is 0 Å². The fraction of sp³-hybridized carbons (Fsp3) is 0.571. The van der Waals surface area contributed by atoms with Crippen LogP contribution in [0.2, 0.25) is 0 Å². The summed E-state index contributed by atoms with van der Waals surface area (Å²) in [5.74, 6) is -1.14. The number of aliphatic carboxylic acids is 1. The van der Waals surface area contributed by atoms with Gasteiger partial charge in [-0.2, -0.15) is 13.2 Å². The van der Waals surface area contributed by atoms with Gasteiger partial charge in [-0.25, -0.2) is 4.79 Å². The van der Waals surface area contributed by atoms with Crippen molar-refractivity contribution in [3.63, 3.8) is 0 Å². The van der Waals surface area contributed by atoms with Gasteiger partial charge in [-0.1, -0.05) is 6.08 Å². The first kappa shape index (κ1) is 11.0. The summed E-state index contributed by atoms with van der Waals surface area (Å²) in [5.41, 5.74) is 0. The van der Waals surface area contributed by atoms with Crippen LogP contribution in [0.3, 0.4) is 0 Å². The van der Waals surface area contributed by atoms with Gasteiger partial charge in [-0.3, -0.25) is 0 Å². The maximum Gasteiger partial charge on any atom is 0.389 e. The Morgan fingerprint density at radius 3 is 2.42 bits per heavy atom. The van der Waals surface area contributed by atoms with E-state index in [0.717, 1.165) is 6.08 Å². The second kappa shape index (κ2) is 4.79. The van der Waals surface area contributed by atoms with Crippen LogP contribution >= 0.6 is 0 Å². The highest BCUT2D eigenvalue weighted by Gasteiger charge is 2.25. The number of halogens is 3. The van der Waals surface area contributed by atoms with Gasteiger partial charge in [0.1, 0.15) is 0 Å². The zero-order valence-corrected chi connectivity index (χ0v) is 6.27. The lowest BCUT2D eigenvalue weighted by atomic mass is 10.2. The van der Waals surface area contributed by atoms with Crippen LogP contribution < -0.4 is 0 Å². The van der Waals surface area contributed by atoms with Gasteiger partial charge in [0.05, 0.1) is 0 Å². The number of hydrogen-bond acceptors (Lipinski definition) is 1. The summed E-state index contributed by atoms with van der Waals surface area (Å²) in [5, 5.41) is 8.06. The molecule has 0 saturated carbocycles. The van der Waals surface area contributed by atoms with Crippen LogP contribution in [0.1, 0.15) is 19.3 Å². The maximum atomic E-state index is 11.5. The highest BCUT2D eigenvalue weighted by molar-refractivity contribution is 5.79. The summed E-state index contributed by atoms with van der Waals surface area (Å²) in [4.78, 5) is 9.85. The second-order valence-electron chi connectivity index (χ2n) is 2.25. The van der Waals surface area contributed by atoms with E-state index in [4.69, 9.17) is 5.11 Å². The van der Waals surface area contributed by atoms with Crippen LogP contribution in [0, 0.1) is 0 Å². The van der Waals surface area contributed by atoms with Gasteiger partial charge >= 0.3 is 12.1 Å². The fourth-order valence-electron chi connectivity index (χ4n) is 0.605. The quantitative estimate of drug-likeness (QED) is 0.535. The maximum absolute atomic E-state index is 11.5. The Hall–Kier alpha value is -1.00. The molecule has 0 unspecified atom stereocenters. The standard InChI is InChI=1S/C7H9F3O2/c8-7(9,10)5-3-1-2-4-6(11)12/h2,4H,1,3,5H2,(H,11,12)/b4-2+. The smallest absolute Gasteiger partial charge is 0.389 e. The predicted molar refractivity (Wildman–Crippen MR) is 36.7 cm³/mol. The molecule has 0 aliphatic rings. The molecule has 0 radical (unpaired) electrons. The van der Waals surface area contributed by atoms with E-state index >= 15 is 0 Å². The third-order valence-corrected chi connectivity index (χ3v) is 1.09. The predicted octanol–water partition coefficient (Wildman–Crippen LogP) is 2.36. The fourth-order valence-corrected chi connectivity index (χ4v) is 0.605. The van der Waals surface area contributed by atoms with Crippen LogP contribution in [-0.2, 0) is 4.79 Å². The minimum Gasteiger partial charge on any atom is -0.478 e. The number of carbonyl (C=O) groups is 1. The highest BCUT2D eigenvalue weighted by atomic mass is 19.4. The van der Waals surface area contributed by atoms with Crippen molar-refractivity contribution in [1.82, 2.24) is 0 Å². The van der Waals surface area contributed by atoms with Gasteiger partial charge in [0, 0.05) is 12.5 Å². The summed E-state index contributed by atoms with van der Waals surface area (Å²) in [6.07, 6.45) is -2.86. The Kier molecular flexibility index (Phi) is 4.39. The Balaban J connectivity index is 3.40. The van der Waals surface area contributed by atoms with E-state index in [2.05, 4.69) is 0 Å². The van der Waals surface area contributed by atoms with E-state index < -0.39 is 18.6 Å². The Labute approximate surface area is 67.7 Å². The van der Waals surface area contributed by atoms with Crippen LogP contribution in [-0.4, -0.2) is 17.3 Å². The molecule has 0 aromatic heterocycles. The molecule has 0 aromatic rings. The van der Waals surface area contributed by atoms with Gasteiger partial charge in [-0.15, -0.1) is 0 Å². The summed E-state index contributed by atoms with van der Waals surface area (Å²) in [7, 11) is 0. The number of allylic oxidation sites excluding steroid dienone is 1. The molecule has 5 heteroatoms. The number of rotatable bonds is 4. The largest absolute Gasteiger partial charge is 0.478 e. The monoisotopic (exact) mass is 182 g/mol. The van der Waals surface area contributed by atoms with Crippen LogP contribution in [0.15, 0.2) is 12.2 Å². The lowest BCUT2D eigenvalue weighted by molar-refractivity contribution is -0.135. The van der Waals surface area contributed by atoms with Crippen LogP contribution in [0.25, 0.3) is 0 Å². The minimum absolute atomic E-state index is 0.0622. The molecule has 12 heavy (non-hydrogen) atoms. The molecule has 0 aromatic carbocycles. The third-order valence-electron chi connectivity index (χ3n) is 1.09. The molecule has 0 fully saturated rings. The molecular formula is C7H9F3O2. The Morgan fingerprint density at radius 2 is 2.00 bits per heavy atom. The summed E-state index contributed by atoms with van der Waals surface area (Å²) >= 11 is 0. The van der Waals surface area contributed by atoms with E-state index in [1.165, 1.54) is 6.08 Å². The zero-order chi connectivity index (χ0) is 9.61. The van der Waals surface area contributed by atoms with Gasteiger partial charge in [0.15, 0.2) is 0 Å². The highest BCUT2D eigenvalue weighted by Crippen LogP contribution is 2.22. The molecule has 1 N–H and O–H groups in total. The number of carboxylic acid groups (broad SMARTS) is 1. The van der Waals surface area contributed by atoms with Crippen molar-refractivity contribution in [3.8, 4) is 0 Å². The average Bonchev–Trinajstić information content (AvgIpc) is 1.83. The molecule has 0 saturated heterocycles. The van der Waals surface area contributed by atoms with Crippen molar-refractivity contribution in [2.24, 2.45) is 0 Å². The second-order valence-corrected chi connectivity index (χ2v) is 2.25. The topological polar surface area (TPSA) is 37.3 Å². The molecule has 0 heterocycles. The zero-order valence-electron chi connectivity index (χ0n) is 6.27. The molecule has 0 atom stereocenters. The summed E-state index contributed by atoms with van der Waals surface area (Å²) in [6.45, 7) is 0. The molecule has 0 rings (SSSR count). The number of hydrogen-bond donors (Lipinski definition) is 1. The lowest BCUT2D eigenvalue weighted by Crippen LogP contribution is -2.05. The van der Waals surface area contributed by atoms with Crippen LogP contribution in [0.5, 0.6) is 0 Å². The number of unbranched alkanes of at least 4 members (excludes halogenated alkanes) is 1. The van der Waals surface area contributed by atoms with Crippen molar-refractivity contribution >= 4 is 5.97 Å². The number of alkyl halides is 3. The SMILES string of the molecule is O=C(O)/C=C/CCCC(F)(F)F. The van der Waals surface area contributed by atoms with Gasteiger partial charge in [0.25, 0.3) is 0 Å². The molecule has 0 aliphatic heterocycles. The molecule has 70 valence electrons. The first-order valence-electron chi connectivity index (χ1n) is 3.38. The van der Waals surface area contributed by atoms with Crippen LogP contribution in [0.4, 0.5) is 13.2 Å². The normalized spacial score (nSPS) is 12.2. The summed E-state index contributed by atoms with van der Waals surface area (Å²) < 4.78 is 34.5. The molecule has 0 bridgehead atoms. The van der Waals surface area contributed by atoms with E-state index in [0.29, 0.717) is 0 Å². The van der Waals surface area contributed by atoms with Gasteiger partial charge in [-0.05, 0) is 12.8 Å². The van der Waals surface area contributed by atoms with Gasteiger partial charge < -0.3 is 5.11 Å². The van der Waals surface area contributed by atoms with E-state index in [9.17, 15) is 18.0 Å². The first-order chi connectivity index (χ1) is 5.42. The van der Waals surface area contributed by atoms with Crippen molar-refractivity contribution in [3.05, 3.63) is 12.2 Å². The molecule has 0 amide bonds. The van der Waals surface area contributed by atoms with Crippen molar-refractivity contribution in [2.45, 2.75) is 25.4 Å². The number of carboxylic acids is 1. The molecule has 0 aliphatic carbocycles. The van der Waals surface area contributed by atoms with E-state index in [-0.39, 0.29) is 12.8 Å². The molecule has 0 spiro atoms. The third kappa shape index (κ3) is 9.00. The molecule has 2 nitrogen and oxygen atoms in total. The van der Waals surface area contributed by atoms with Gasteiger partial charge in [0.2, 0.25) is 0 Å². The van der Waals surface area contributed by atoms with Crippen molar-refractivity contribution < 1.29 is 23.1 Å². The first-order valence-corrected chi connectivity index (χ1v) is 3.38. The average molecular weight is 182 g/mol. The van der Waals surface area contributed by atoms with Crippen molar-refractivity contribution in [1.29, 1.82) is 0 Å². The molecular weight excluding hydrogens is 173 g/mol. The minimum atomic E-state index is -4.14. The Morgan fingerprint density at radius 1 is 1.42 bits per heavy atom.